The van der Waals surface area contributed by atoms with Gasteiger partial charge in [0.05, 0.1) is 10.9 Å². The van der Waals surface area contributed by atoms with E-state index in [4.69, 9.17) is 11.6 Å². The fourth-order valence-corrected chi connectivity index (χ4v) is 3.36. The number of carbonyl (C=O) groups is 2. The van der Waals surface area contributed by atoms with Crippen LogP contribution in [-0.4, -0.2) is 26.2 Å². The molecule has 2 rings (SSSR count). The standard InChI is InChI=1S/C17H17ClN2O4S/c1-11(20-25(23,24)16-8-6-14(18)7-9-16)17(22)19-15-5-3-4-13(10-15)12(2)21/h3-11,20H,1-2H3,(H,19,22). The van der Waals surface area contributed by atoms with Gasteiger partial charge in [0, 0.05) is 16.3 Å². The second-order valence-electron chi connectivity index (χ2n) is 5.42. The fraction of sp³-hybridized carbons (Fsp3) is 0.176. The van der Waals surface area contributed by atoms with Crippen molar-refractivity contribution in [1.82, 2.24) is 4.72 Å². The normalized spacial score (nSPS) is 12.4. The van der Waals surface area contributed by atoms with E-state index < -0.39 is 22.0 Å². The van der Waals surface area contributed by atoms with Crippen molar-refractivity contribution < 1.29 is 18.0 Å². The Hall–Kier alpha value is -2.22. The molecular weight excluding hydrogens is 364 g/mol. The lowest BCUT2D eigenvalue weighted by atomic mass is 10.1. The monoisotopic (exact) mass is 380 g/mol. The number of rotatable bonds is 6. The second kappa shape index (κ2) is 7.77. The van der Waals surface area contributed by atoms with Crippen LogP contribution in [0.25, 0.3) is 0 Å². The van der Waals surface area contributed by atoms with Crippen molar-refractivity contribution in [3.8, 4) is 0 Å². The zero-order valence-electron chi connectivity index (χ0n) is 13.6. The van der Waals surface area contributed by atoms with Crippen LogP contribution in [0.4, 0.5) is 5.69 Å². The maximum absolute atomic E-state index is 12.3. The van der Waals surface area contributed by atoms with Crippen molar-refractivity contribution in [2.75, 3.05) is 5.32 Å². The van der Waals surface area contributed by atoms with E-state index in [1.807, 2.05) is 0 Å². The van der Waals surface area contributed by atoms with E-state index in [1.165, 1.54) is 44.2 Å². The summed E-state index contributed by atoms with van der Waals surface area (Å²) >= 11 is 5.74. The fourth-order valence-electron chi connectivity index (χ4n) is 2.03. The lowest BCUT2D eigenvalue weighted by molar-refractivity contribution is -0.117. The van der Waals surface area contributed by atoms with Crippen LogP contribution >= 0.6 is 11.6 Å². The number of hydrogen-bond acceptors (Lipinski definition) is 4. The number of ketones is 1. The van der Waals surface area contributed by atoms with E-state index in [9.17, 15) is 18.0 Å². The molecule has 1 amide bonds. The highest BCUT2D eigenvalue weighted by molar-refractivity contribution is 7.89. The molecule has 1 unspecified atom stereocenters. The summed E-state index contributed by atoms with van der Waals surface area (Å²) in [7, 11) is -3.86. The number of nitrogens with one attached hydrogen (secondary N) is 2. The highest BCUT2D eigenvalue weighted by atomic mass is 35.5. The maximum atomic E-state index is 12.3. The van der Waals surface area contributed by atoms with Gasteiger partial charge in [-0.1, -0.05) is 23.7 Å². The van der Waals surface area contributed by atoms with Gasteiger partial charge in [0.1, 0.15) is 0 Å². The summed E-state index contributed by atoms with van der Waals surface area (Å²) in [5, 5.41) is 2.99. The average Bonchev–Trinajstić information content (AvgIpc) is 2.55. The number of hydrogen-bond donors (Lipinski definition) is 2. The molecule has 2 aromatic carbocycles. The van der Waals surface area contributed by atoms with Crippen LogP contribution < -0.4 is 10.0 Å². The number of Topliss-reactive ketones (excluding diaryl/α,β-unsaturated/α-hetero) is 1. The van der Waals surface area contributed by atoms with E-state index >= 15 is 0 Å². The molecule has 6 nitrogen and oxygen atoms in total. The zero-order valence-corrected chi connectivity index (χ0v) is 15.2. The van der Waals surface area contributed by atoms with Gasteiger partial charge < -0.3 is 5.32 Å². The number of anilines is 1. The quantitative estimate of drug-likeness (QED) is 0.753. The molecule has 0 saturated heterocycles. The molecule has 8 heteroatoms. The highest BCUT2D eigenvalue weighted by Crippen LogP contribution is 2.15. The highest BCUT2D eigenvalue weighted by Gasteiger charge is 2.22. The number of halogens is 1. The van der Waals surface area contributed by atoms with Gasteiger partial charge in [-0.3, -0.25) is 9.59 Å². The van der Waals surface area contributed by atoms with Crippen LogP contribution in [-0.2, 0) is 14.8 Å². The third kappa shape index (κ3) is 5.12. The average molecular weight is 381 g/mol. The Balaban J connectivity index is 2.08. The summed E-state index contributed by atoms with van der Waals surface area (Å²) in [5.74, 6) is -0.675. The van der Waals surface area contributed by atoms with Crippen molar-refractivity contribution >= 4 is 39.0 Å². The van der Waals surface area contributed by atoms with Gasteiger partial charge in [-0.05, 0) is 50.2 Å². The van der Waals surface area contributed by atoms with Crippen molar-refractivity contribution in [1.29, 1.82) is 0 Å². The van der Waals surface area contributed by atoms with Gasteiger partial charge in [-0.15, -0.1) is 0 Å². The molecule has 0 saturated carbocycles. The zero-order chi connectivity index (χ0) is 18.6. The summed E-state index contributed by atoms with van der Waals surface area (Å²) in [4.78, 5) is 23.6. The summed E-state index contributed by atoms with van der Waals surface area (Å²) in [5.41, 5.74) is 0.863. The molecule has 0 fully saturated rings. The third-order valence-electron chi connectivity index (χ3n) is 3.39. The van der Waals surface area contributed by atoms with Gasteiger partial charge in [-0.2, -0.15) is 4.72 Å². The van der Waals surface area contributed by atoms with Crippen LogP contribution in [0.5, 0.6) is 0 Å². The second-order valence-corrected chi connectivity index (χ2v) is 7.57. The molecule has 0 heterocycles. The number of amides is 1. The topological polar surface area (TPSA) is 92.3 Å². The van der Waals surface area contributed by atoms with Gasteiger partial charge in [0.25, 0.3) is 0 Å². The Labute approximate surface area is 151 Å². The first-order valence-electron chi connectivity index (χ1n) is 7.39. The van der Waals surface area contributed by atoms with Crippen LogP contribution in [0.3, 0.4) is 0 Å². The Bertz CT molecular complexity index is 895. The van der Waals surface area contributed by atoms with Gasteiger partial charge >= 0.3 is 0 Å². The van der Waals surface area contributed by atoms with Gasteiger partial charge in [-0.25, -0.2) is 8.42 Å². The van der Waals surface area contributed by atoms with Crippen LogP contribution in [0.2, 0.25) is 5.02 Å². The van der Waals surface area contributed by atoms with E-state index in [1.54, 1.807) is 18.2 Å². The van der Waals surface area contributed by atoms with E-state index in [0.29, 0.717) is 16.3 Å². The molecule has 132 valence electrons. The van der Waals surface area contributed by atoms with Crippen LogP contribution in [0.1, 0.15) is 24.2 Å². The smallest absolute Gasteiger partial charge is 0.242 e. The first-order chi connectivity index (χ1) is 11.7. The summed E-state index contributed by atoms with van der Waals surface area (Å²) < 4.78 is 26.9. The largest absolute Gasteiger partial charge is 0.325 e. The molecule has 1 atom stereocenters. The molecule has 25 heavy (non-hydrogen) atoms. The first-order valence-corrected chi connectivity index (χ1v) is 9.25. The van der Waals surface area contributed by atoms with E-state index in [0.717, 1.165) is 0 Å². The molecule has 2 aromatic rings. The van der Waals surface area contributed by atoms with Crippen molar-refractivity contribution in [3.63, 3.8) is 0 Å². The van der Waals surface area contributed by atoms with Crippen LogP contribution in [0.15, 0.2) is 53.4 Å². The minimum absolute atomic E-state index is 0.00938. The molecule has 0 spiro atoms. The molecule has 0 bridgehead atoms. The van der Waals surface area contributed by atoms with Gasteiger partial charge in [0.2, 0.25) is 15.9 Å². The number of sulfonamides is 1. The Kier molecular flexibility index (Phi) is 5.94. The third-order valence-corrected chi connectivity index (χ3v) is 5.19. The maximum Gasteiger partial charge on any atom is 0.242 e. The van der Waals surface area contributed by atoms with Crippen molar-refractivity contribution in [3.05, 3.63) is 59.1 Å². The number of benzene rings is 2. The lowest BCUT2D eigenvalue weighted by Crippen LogP contribution is -2.41. The van der Waals surface area contributed by atoms with E-state index in [-0.39, 0.29) is 10.7 Å². The van der Waals surface area contributed by atoms with Crippen molar-refractivity contribution in [2.24, 2.45) is 0 Å². The summed E-state index contributed by atoms with van der Waals surface area (Å²) in [6, 6.07) is 11.0. The van der Waals surface area contributed by atoms with Crippen molar-refractivity contribution in [2.45, 2.75) is 24.8 Å². The summed E-state index contributed by atoms with van der Waals surface area (Å²) in [6.45, 7) is 2.85. The minimum atomic E-state index is -3.86. The minimum Gasteiger partial charge on any atom is -0.325 e. The molecule has 0 aliphatic heterocycles. The number of carbonyl (C=O) groups excluding carboxylic acids is 2. The molecule has 2 N–H and O–H groups in total. The molecule has 0 radical (unpaired) electrons. The van der Waals surface area contributed by atoms with Gasteiger partial charge in [0.15, 0.2) is 5.78 Å². The molecule has 0 aliphatic carbocycles. The predicted molar refractivity (Wildman–Crippen MR) is 96.3 cm³/mol. The first kappa shape index (κ1) is 19.1. The molecule has 0 aliphatic rings. The van der Waals surface area contributed by atoms with Crippen LogP contribution in [0, 0.1) is 0 Å². The van der Waals surface area contributed by atoms with E-state index in [2.05, 4.69) is 10.0 Å². The predicted octanol–water partition coefficient (Wildman–Crippen LogP) is 2.85. The Morgan fingerprint density at radius 2 is 1.72 bits per heavy atom. The lowest BCUT2D eigenvalue weighted by Gasteiger charge is -2.15. The summed E-state index contributed by atoms with van der Waals surface area (Å²) in [6.07, 6.45) is 0. The Morgan fingerprint density at radius 1 is 1.08 bits per heavy atom. The molecular formula is C17H17ClN2O4S. The SMILES string of the molecule is CC(=O)c1cccc(NC(=O)C(C)NS(=O)(=O)c2ccc(Cl)cc2)c1. The molecule has 0 aromatic heterocycles. The Morgan fingerprint density at radius 3 is 2.32 bits per heavy atom.